The minimum absolute atomic E-state index is 0.0121. The molecule has 0 unspecified atom stereocenters. The molecule has 2 amide bonds. The van der Waals surface area contributed by atoms with Gasteiger partial charge in [0.2, 0.25) is 11.8 Å². The van der Waals surface area contributed by atoms with E-state index < -0.39 is 23.9 Å². The lowest BCUT2D eigenvalue weighted by molar-refractivity contribution is -0.152. The van der Waals surface area contributed by atoms with Crippen LogP contribution in [0.3, 0.4) is 0 Å². The van der Waals surface area contributed by atoms with Gasteiger partial charge < -0.3 is 14.5 Å². The Kier molecular flexibility index (Phi) is 6.82. The molecule has 0 bridgehead atoms. The summed E-state index contributed by atoms with van der Waals surface area (Å²) in [4.78, 5) is 29.0. The van der Waals surface area contributed by atoms with Gasteiger partial charge in [-0.3, -0.25) is 9.59 Å². The first-order valence-corrected chi connectivity index (χ1v) is 10.2. The number of carbonyl (C=O) groups excluding carboxylic acids is 2. The van der Waals surface area contributed by atoms with Crippen LogP contribution >= 0.6 is 0 Å². The van der Waals surface area contributed by atoms with Crippen molar-refractivity contribution >= 4 is 11.8 Å². The van der Waals surface area contributed by atoms with E-state index in [1.165, 1.54) is 12.1 Å². The van der Waals surface area contributed by atoms with E-state index in [-0.39, 0.29) is 18.4 Å². The van der Waals surface area contributed by atoms with Crippen molar-refractivity contribution < 1.29 is 27.5 Å². The second kappa shape index (κ2) is 9.15. The highest BCUT2D eigenvalue weighted by molar-refractivity contribution is 5.88. The molecule has 160 valence electrons. The third-order valence-corrected chi connectivity index (χ3v) is 5.56. The monoisotopic (exact) mass is 412 g/mol. The second-order valence-corrected chi connectivity index (χ2v) is 7.61. The van der Waals surface area contributed by atoms with Crippen molar-refractivity contribution in [2.24, 2.45) is 0 Å². The second-order valence-electron chi connectivity index (χ2n) is 7.61. The molecule has 0 radical (unpaired) electrons. The molecule has 29 heavy (non-hydrogen) atoms. The Morgan fingerprint density at radius 3 is 2.52 bits per heavy atom. The van der Waals surface area contributed by atoms with E-state index >= 15 is 0 Å². The number of alkyl halides is 3. The molecule has 2 saturated heterocycles. The number of piperidine rings is 1. The minimum Gasteiger partial charge on any atom is -0.370 e. The number of halogens is 3. The summed E-state index contributed by atoms with van der Waals surface area (Å²) in [7, 11) is 0. The van der Waals surface area contributed by atoms with E-state index in [0.717, 1.165) is 31.4 Å². The number of benzene rings is 1. The molecule has 0 saturated carbocycles. The van der Waals surface area contributed by atoms with Crippen LogP contribution in [0, 0.1) is 0 Å². The molecule has 0 aromatic heterocycles. The SMILES string of the molecule is CCCC(=O)N1CCCC[C@H]1C(=O)N1CCO[C@@H](c2ccc(C(F)(F)F)cc2)C1. The number of nitrogens with zero attached hydrogens (tertiary/aromatic N) is 2. The van der Waals surface area contributed by atoms with Crippen molar-refractivity contribution in [3.8, 4) is 0 Å². The first-order valence-electron chi connectivity index (χ1n) is 10.2. The number of hydrogen-bond donors (Lipinski definition) is 0. The topological polar surface area (TPSA) is 49.9 Å². The number of hydrogen-bond acceptors (Lipinski definition) is 3. The molecule has 2 fully saturated rings. The van der Waals surface area contributed by atoms with Gasteiger partial charge in [-0.1, -0.05) is 19.1 Å². The summed E-state index contributed by atoms with van der Waals surface area (Å²) < 4.78 is 44.0. The van der Waals surface area contributed by atoms with Crippen LogP contribution in [0.25, 0.3) is 0 Å². The number of rotatable bonds is 4. The quantitative estimate of drug-likeness (QED) is 0.756. The largest absolute Gasteiger partial charge is 0.416 e. The Bertz CT molecular complexity index is 721. The van der Waals surface area contributed by atoms with E-state index in [0.29, 0.717) is 38.1 Å². The van der Waals surface area contributed by atoms with E-state index in [4.69, 9.17) is 4.74 Å². The Labute approximate surface area is 168 Å². The molecule has 2 aliphatic rings. The molecule has 8 heteroatoms. The van der Waals surface area contributed by atoms with Gasteiger partial charge in [0.25, 0.3) is 0 Å². The standard InChI is InChI=1S/C21H27F3N2O3/c1-2-5-19(27)26-11-4-3-6-17(26)20(28)25-12-13-29-18(14-25)15-7-9-16(10-8-15)21(22,23)24/h7-10,17-18H,2-6,11-14H2,1H3/t17-,18+/m0/s1. The van der Waals surface area contributed by atoms with Crippen molar-refractivity contribution in [3.63, 3.8) is 0 Å². The average molecular weight is 412 g/mol. The predicted molar refractivity (Wildman–Crippen MR) is 101 cm³/mol. The first-order chi connectivity index (χ1) is 13.8. The highest BCUT2D eigenvalue weighted by Crippen LogP contribution is 2.31. The molecule has 1 aromatic carbocycles. The Morgan fingerprint density at radius 1 is 1.14 bits per heavy atom. The van der Waals surface area contributed by atoms with Crippen molar-refractivity contribution in [1.29, 1.82) is 0 Å². The summed E-state index contributed by atoms with van der Waals surface area (Å²) in [6, 6.07) is 4.42. The fourth-order valence-corrected chi connectivity index (χ4v) is 3.99. The van der Waals surface area contributed by atoms with Crippen LogP contribution in [0.5, 0.6) is 0 Å². The van der Waals surface area contributed by atoms with E-state index in [1.54, 1.807) is 9.80 Å². The number of carbonyl (C=O) groups is 2. The maximum Gasteiger partial charge on any atom is 0.416 e. The summed E-state index contributed by atoms with van der Waals surface area (Å²) in [6.07, 6.45) is -1.24. The predicted octanol–water partition coefficient (Wildman–Crippen LogP) is 3.79. The Balaban J connectivity index is 1.69. The molecule has 2 atom stereocenters. The van der Waals surface area contributed by atoms with Gasteiger partial charge in [0.05, 0.1) is 18.7 Å². The van der Waals surface area contributed by atoms with Crippen molar-refractivity contribution in [1.82, 2.24) is 9.80 Å². The summed E-state index contributed by atoms with van der Waals surface area (Å²) in [6.45, 7) is 3.54. The van der Waals surface area contributed by atoms with Gasteiger partial charge in [0, 0.05) is 19.5 Å². The van der Waals surface area contributed by atoms with E-state index in [1.807, 2.05) is 6.92 Å². The van der Waals surface area contributed by atoms with Gasteiger partial charge in [0.1, 0.15) is 12.1 Å². The van der Waals surface area contributed by atoms with Gasteiger partial charge in [0.15, 0.2) is 0 Å². The summed E-state index contributed by atoms with van der Waals surface area (Å²) >= 11 is 0. The van der Waals surface area contributed by atoms with Crippen LogP contribution in [-0.2, 0) is 20.5 Å². The zero-order valence-corrected chi connectivity index (χ0v) is 16.6. The van der Waals surface area contributed by atoms with Crippen LogP contribution in [0.1, 0.15) is 56.3 Å². The fourth-order valence-electron chi connectivity index (χ4n) is 3.99. The van der Waals surface area contributed by atoms with Crippen molar-refractivity contribution in [2.75, 3.05) is 26.2 Å². The van der Waals surface area contributed by atoms with Crippen LogP contribution < -0.4 is 0 Å². The van der Waals surface area contributed by atoms with Gasteiger partial charge in [-0.05, 0) is 43.4 Å². The highest BCUT2D eigenvalue weighted by Gasteiger charge is 2.37. The van der Waals surface area contributed by atoms with Gasteiger partial charge in [-0.25, -0.2) is 0 Å². The Morgan fingerprint density at radius 2 is 1.86 bits per heavy atom. The lowest BCUT2D eigenvalue weighted by Gasteiger charge is -2.40. The summed E-state index contributed by atoms with van der Waals surface area (Å²) in [5.41, 5.74) is -0.102. The number of morpholine rings is 1. The number of likely N-dealkylation sites (tertiary alicyclic amines) is 1. The van der Waals surface area contributed by atoms with Crippen LogP contribution in [0.2, 0.25) is 0 Å². The lowest BCUT2D eigenvalue weighted by atomic mass is 9.99. The van der Waals surface area contributed by atoms with Crippen molar-refractivity contribution in [2.45, 2.75) is 57.3 Å². The summed E-state index contributed by atoms with van der Waals surface area (Å²) in [5.74, 6) is -0.0764. The van der Waals surface area contributed by atoms with Gasteiger partial charge >= 0.3 is 6.18 Å². The van der Waals surface area contributed by atoms with Crippen LogP contribution in [-0.4, -0.2) is 53.9 Å². The average Bonchev–Trinajstić information content (AvgIpc) is 2.73. The number of amides is 2. The third kappa shape index (κ3) is 5.10. The molecule has 1 aromatic rings. The highest BCUT2D eigenvalue weighted by atomic mass is 19.4. The normalized spacial score (nSPS) is 23.2. The molecule has 2 aliphatic heterocycles. The maximum atomic E-state index is 13.2. The fraction of sp³-hybridized carbons (Fsp3) is 0.619. The minimum atomic E-state index is -4.39. The molecule has 2 heterocycles. The molecular formula is C21H27F3N2O3. The number of ether oxygens (including phenoxy) is 1. The molecular weight excluding hydrogens is 385 g/mol. The first kappa shape index (κ1) is 21.6. The van der Waals surface area contributed by atoms with Gasteiger partial charge in [-0.2, -0.15) is 13.2 Å². The smallest absolute Gasteiger partial charge is 0.370 e. The zero-order chi connectivity index (χ0) is 21.0. The molecule has 0 aliphatic carbocycles. The molecule has 0 spiro atoms. The van der Waals surface area contributed by atoms with Crippen LogP contribution in [0.4, 0.5) is 13.2 Å². The Hall–Kier alpha value is -2.09. The maximum absolute atomic E-state index is 13.2. The zero-order valence-electron chi connectivity index (χ0n) is 16.6. The molecule has 3 rings (SSSR count). The lowest BCUT2D eigenvalue weighted by Crippen LogP contribution is -2.55. The third-order valence-electron chi connectivity index (χ3n) is 5.56. The van der Waals surface area contributed by atoms with Gasteiger partial charge in [-0.15, -0.1) is 0 Å². The van der Waals surface area contributed by atoms with Crippen molar-refractivity contribution in [3.05, 3.63) is 35.4 Å². The summed E-state index contributed by atoms with van der Waals surface area (Å²) in [5, 5.41) is 0. The molecule has 5 nitrogen and oxygen atoms in total. The van der Waals surface area contributed by atoms with E-state index in [9.17, 15) is 22.8 Å². The van der Waals surface area contributed by atoms with E-state index in [2.05, 4.69) is 0 Å². The molecule has 0 N–H and O–H groups in total. The van der Waals surface area contributed by atoms with Crippen LogP contribution in [0.15, 0.2) is 24.3 Å².